The Balaban J connectivity index is 3.05. The first-order valence-corrected chi connectivity index (χ1v) is 11.1. The second-order valence-corrected chi connectivity index (χ2v) is 8.14. The average molecular weight is 495 g/mol. The topological polar surface area (TPSA) is 240 Å². The van der Waals surface area contributed by atoms with Crippen LogP contribution in [0.15, 0.2) is 24.3 Å². The predicted octanol–water partition coefficient (Wildman–Crippen LogP) is -2.17. The first-order valence-electron chi connectivity index (χ1n) is 11.1. The second-order valence-electron chi connectivity index (χ2n) is 8.14. The van der Waals surface area contributed by atoms with Gasteiger partial charge < -0.3 is 43.4 Å². The molecule has 0 bridgehead atoms. The lowest BCUT2D eigenvalue weighted by Gasteiger charge is -2.24. The lowest BCUT2D eigenvalue weighted by molar-refractivity contribution is -0.142. The van der Waals surface area contributed by atoms with Gasteiger partial charge in [0.05, 0.1) is 12.5 Å². The molecule has 0 aliphatic heterocycles. The Labute approximate surface area is 202 Å². The molecule has 0 spiro atoms. The molecule has 0 fully saturated rings. The van der Waals surface area contributed by atoms with E-state index >= 15 is 0 Å². The van der Waals surface area contributed by atoms with E-state index in [9.17, 15) is 34.2 Å². The minimum absolute atomic E-state index is 0.00649. The number of unbranched alkanes of at least 4 members (excludes halogenated alkanes) is 1. The number of aliphatic carboxylic acids is 1. The van der Waals surface area contributed by atoms with Gasteiger partial charge in [-0.05, 0) is 50.4 Å². The molecule has 13 nitrogen and oxygen atoms in total. The van der Waals surface area contributed by atoms with Crippen LogP contribution in [-0.2, 0) is 30.4 Å². The summed E-state index contributed by atoms with van der Waals surface area (Å²) in [6.07, 6.45) is 0.480. The van der Waals surface area contributed by atoms with E-state index in [0.29, 0.717) is 24.9 Å². The van der Waals surface area contributed by atoms with E-state index in [-0.39, 0.29) is 18.6 Å². The van der Waals surface area contributed by atoms with E-state index in [4.69, 9.17) is 17.2 Å². The lowest BCUT2D eigenvalue weighted by atomic mass is 10.0. The summed E-state index contributed by atoms with van der Waals surface area (Å²) in [5.74, 6) is -4.55. The molecule has 13 heteroatoms. The van der Waals surface area contributed by atoms with Gasteiger partial charge in [-0.15, -0.1) is 0 Å². The number of amides is 4. The zero-order valence-corrected chi connectivity index (χ0v) is 19.5. The van der Waals surface area contributed by atoms with Crippen LogP contribution in [0.1, 0.15) is 38.2 Å². The van der Waals surface area contributed by atoms with Gasteiger partial charge in [0.1, 0.15) is 23.9 Å². The van der Waals surface area contributed by atoms with Crippen LogP contribution in [0.4, 0.5) is 0 Å². The highest BCUT2D eigenvalue weighted by Crippen LogP contribution is 2.12. The Morgan fingerprint density at radius 1 is 0.886 bits per heavy atom. The van der Waals surface area contributed by atoms with Crippen LogP contribution in [-0.4, -0.2) is 70.5 Å². The molecular weight excluding hydrogens is 460 g/mol. The summed E-state index contributed by atoms with van der Waals surface area (Å²) in [7, 11) is 0. The number of primary amides is 1. The van der Waals surface area contributed by atoms with Crippen molar-refractivity contribution in [2.24, 2.45) is 17.2 Å². The largest absolute Gasteiger partial charge is 0.508 e. The van der Waals surface area contributed by atoms with Crippen LogP contribution >= 0.6 is 0 Å². The molecule has 11 N–H and O–H groups in total. The molecule has 0 aliphatic carbocycles. The number of nitrogens with two attached hydrogens (primary N) is 3. The summed E-state index contributed by atoms with van der Waals surface area (Å²) in [6, 6.07) is 1.02. The lowest BCUT2D eigenvalue weighted by Crippen LogP contribution is -2.58. The monoisotopic (exact) mass is 494 g/mol. The van der Waals surface area contributed by atoms with Gasteiger partial charge >= 0.3 is 5.97 Å². The Bertz CT molecular complexity index is 891. The number of hydrogen-bond acceptors (Lipinski definition) is 8. The van der Waals surface area contributed by atoms with Crippen molar-refractivity contribution in [3.8, 4) is 5.75 Å². The number of hydrogen-bond donors (Lipinski definition) is 8. The first-order chi connectivity index (χ1) is 16.4. The molecule has 4 amide bonds. The summed E-state index contributed by atoms with van der Waals surface area (Å²) < 4.78 is 0. The molecular formula is C22H34N6O7. The fourth-order valence-corrected chi connectivity index (χ4v) is 3.09. The van der Waals surface area contributed by atoms with Crippen molar-refractivity contribution in [1.29, 1.82) is 0 Å². The van der Waals surface area contributed by atoms with Crippen molar-refractivity contribution in [2.45, 2.75) is 63.2 Å². The van der Waals surface area contributed by atoms with E-state index < -0.39 is 60.2 Å². The van der Waals surface area contributed by atoms with E-state index in [1.165, 1.54) is 19.1 Å². The Morgan fingerprint density at radius 3 is 1.94 bits per heavy atom. The average Bonchev–Trinajstić information content (AvgIpc) is 2.78. The molecule has 35 heavy (non-hydrogen) atoms. The van der Waals surface area contributed by atoms with Crippen molar-refractivity contribution in [1.82, 2.24) is 16.0 Å². The molecule has 1 aromatic rings. The summed E-state index contributed by atoms with van der Waals surface area (Å²) in [5, 5.41) is 26.0. The number of benzene rings is 1. The number of nitrogens with one attached hydrogen (secondary N) is 3. The number of phenols is 1. The molecule has 1 aromatic carbocycles. The number of aromatic hydroxyl groups is 1. The molecule has 1 rings (SSSR count). The van der Waals surface area contributed by atoms with Gasteiger partial charge in [0.25, 0.3) is 0 Å². The van der Waals surface area contributed by atoms with Crippen LogP contribution in [0.25, 0.3) is 0 Å². The SMILES string of the molecule is CC(N)C(=O)NC(Cc1ccc(O)cc1)C(=O)NC(CC(N)=O)C(=O)NC(CCCCN)C(=O)O. The molecule has 0 aliphatic rings. The third kappa shape index (κ3) is 10.8. The summed E-state index contributed by atoms with van der Waals surface area (Å²) in [5.41, 5.74) is 16.8. The van der Waals surface area contributed by atoms with E-state index in [2.05, 4.69) is 16.0 Å². The standard InChI is InChI=1S/C22H34N6O7/c1-12(24)19(31)27-16(10-13-5-7-14(29)8-6-13)20(32)28-17(11-18(25)30)21(33)26-15(22(34)35)4-2-3-9-23/h5-8,12,15-17,29H,2-4,9-11,23-24H2,1H3,(H2,25,30)(H,26,33)(H,27,31)(H,28,32)(H,34,35). The fraction of sp³-hybridized carbons (Fsp3) is 0.500. The maximum atomic E-state index is 13.0. The zero-order valence-electron chi connectivity index (χ0n) is 19.5. The van der Waals surface area contributed by atoms with Gasteiger partial charge in [0, 0.05) is 6.42 Å². The van der Waals surface area contributed by atoms with Crippen molar-refractivity contribution >= 4 is 29.6 Å². The van der Waals surface area contributed by atoms with Crippen LogP contribution in [0.5, 0.6) is 5.75 Å². The van der Waals surface area contributed by atoms with Gasteiger partial charge in [-0.3, -0.25) is 19.2 Å². The molecule has 194 valence electrons. The molecule has 0 aromatic heterocycles. The Hall–Kier alpha value is -3.71. The third-order valence-corrected chi connectivity index (χ3v) is 5.02. The smallest absolute Gasteiger partial charge is 0.326 e. The van der Waals surface area contributed by atoms with Crippen molar-refractivity contribution in [2.75, 3.05) is 6.54 Å². The van der Waals surface area contributed by atoms with Crippen molar-refractivity contribution in [3.05, 3.63) is 29.8 Å². The number of rotatable bonds is 15. The molecule has 4 unspecified atom stereocenters. The highest BCUT2D eigenvalue weighted by atomic mass is 16.4. The maximum Gasteiger partial charge on any atom is 0.326 e. The van der Waals surface area contributed by atoms with Crippen LogP contribution in [0.3, 0.4) is 0 Å². The minimum atomic E-state index is -1.48. The first kappa shape index (κ1) is 29.3. The van der Waals surface area contributed by atoms with E-state index in [1.807, 2.05) is 0 Å². The summed E-state index contributed by atoms with van der Waals surface area (Å²) in [6.45, 7) is 1.78. The van der Waals surface area contributed by atoms with E-state index in [0.717, 1.165) is 0 Å². The quantitative estimate of drug-likeness (QED) is 0.123. The van der Waals surface area contributed by atoms with Crippen molar-refractivity contribution in [3.63, 3.8) is 0 Å². The van der Waals surface area contributed by atoms with E-state index in [1.54, 1.807) is 12.1 Å². The summed E-state index contributed by atoms with van der Waals surface area (Å²) >= 11 is 0. The van der Waals surface area contributed by atoms with Crippen LogP contribution < -0.4 is 33.2 Å². The van der Waals surface area contributed by atoms with Gasteiger partial charge in [-0.2, -0.15) is 0 Å². The fourth-order valence-electron chi connectivity index (χ4n) is 3.09. The second kappa shape index (κ2) is 14.5. The van der Waals surface area contributed by atoms with Gasteiger partial charge in [-0.25, -0.2) is 4.79 Å². The number of carboxylic acid groups (broad SMARTS) is 1. The third-order valence-electron chi connectivity index (χ3n) is 5.02. The molecule has 0 radical (unpaired) electrons. The van der Waals surface area contributed by atoms with Gasteiger partial charge in [-0.1, -0.05) is 12.1 Å². The summed E-state index contributed by atoms with van der Waals surface area (Å²) in [4.78, 5) is 61.0. The van der Waals surface area contributed by atoms with Crippen LogP contribution in [0.2, 0.25) is 0 Å². The number of carboxylic acids is 1. The van der Waals surface area contributed by atoms with Crippen LogP contribution in [0, 0.1) is 0 Å². The highest BCUT2D eigenvalue weighted by molar-refractivity contribution is 5.96. The maximum absolute atomic E-state index is 13.0. The van der Waals surface area contributed by atoms with Crippen molar-refractivity contribution < 1.29 is 34.2 Å². The Kier molecular flexibility index (Phi) is 12.2. The molecule has 4 atom stereocenters. The number of carbonyl (C=O) groups excluding carboxylic acids is 4. The predicted molar refractivity (Wildman–Crippen MR) is 126 cm³/mol. The minimum Gasteiger partial charge on any atom is -0.508 e. The van der Waals surface area contributed by atoms with Gasteiger partial charge in [0.2, 0.25) is 23.6 Å². The van der Waals surface area contributed by atoms with Gasteiger partial charge in [0.15, 0.2) is 0 Å². The zero-order chi connectivity index (χ0) is 26.5. The number of carbonyl (C=O) groups is 5. The molecule has 0 heterocycles. The Morgan fingerprint density at radius 2 is 1.43 bits per heavy atom. The molecule has 0 saturated heterocycles. The molecule has 0 saturated carbocycles. The highest BCUT2D eigenvalue weighted by Gasteiger charge is 2.31. The number of phenolic OH excluding ortho intramolecular Hbond substituents is 1. The normalized spacial score (nSPS) is 14.1.